The number of thioether (sulfide) groups is 1. The average molecular weight is 311 g/mol. The summed E-state index contributed by atoms with van der Waals surface area (Å²) in [6.45, 7) is 1.96. The van der Waals surface area contributed by atoms with Crippen LogP contribution in [-0.2, 0) is 0 Å². The molecule has 0 N–H and O–H groups in total. The highest BCUT2D eigenvalue weighted by Gasteiger charge is 2.08. The molecule has 0 atom stereocenters. The highest BCUT2D eigenvalue weighted by Crippen LogP contribution is 2.32. The van der Waals surface area contributed by atoms with Gasteiger partial charge in [0.15, 0.2) is 0 Å². The summed E-state index contributed by atoms with van der Waals surface area (Å²) in [4.78, 5) is 5.77. The topological polar surface area (TPSA) is 31.4 Å². The van der Waals surface area contributed by atoms with E-state index in [1.54, 1.807) is 18.9 Å². The lowest BCUT2D eigenvalue weighted by atomic mass is 10.1. The molecule has 22 heavy (non-hydrogen) atoms. The summed E-state index contributed by atoms with van der Waals surface area (Å²) in [5.74, 6) is 2.42. The number of nitrogens with zero attached hydrogens (tertiary/aromatic N) is 1. The van der Waals surface area contributed by atoms with E-state index in [2.05, 4.69) is 23.4 Å². The van der Waals surface area contributed by atoms with Gasteiger partial charge >= 0.3 is 0 Å². The number of hydrogen-bond donors (Lipinski definition) is 0. The van der Waals surface area contributed by atoms with Crippen molar-refractivity contribution in [2.75, 3.05) is 13.4 Å². The van der Waals surface area contributed by atoms with E-state index in [0.29, 0.717) is 0 Å². The zero-order valence-corrected chi connectivity index (χ0v) is 13.6. The molecule has 112 valence electrons. The van der Waals surface area contributed by atoms with Crippen molar-refractivity contribution in [1.29, 1.82) is 0 Å². The Kier molecular flexibility index (Phi) is 4.20. The van der Waals surface area contributed by atoms with Crippen LogP contribution in [0.25, 0.3) is 10.9 Å². The number of aryl methyl sites for hydroxylation is 1. The number of aromatic nitrogens is 1. The van der Waals surface area contributed by atoms with Gasteiger partial charge in [0, 0.05) is 28.1 Å². The molecule has 0 aliphatic rings. The lowest BCUT2D eigenvalue weighted by Gasteiger charge is -2.11. The Morgan fingerprint density at radius 2 is 1.68 bits per heavy atom. The predicted molar refractivity (Wildman–Crippen MR) is 91.3 cm³/mol. The molecule has 2 aromatic carbocycles. The van der Waals surface area contributed by atoms with Gasteiger partial charge in [0.25, 0.3) is 0 Å². The molecule has 1 aromatic heterocycles. The van der Waals surface area contributed by atoms with Gasteiger partial charge in [0.05, 0.1) is 12.6 Å². The average Bonchev–Trinajstić information content (AvgIpc) is 2.54. The number of pyridine rings is 1. The van der Waals surface area contributed by atoms with Crippen LogP contribution in [0, 0.1) is 6.92 Å². The fourth-order valence-corrected chi connectivity index (χ4v) is 2.69. The summed E-state index contributed by atoms with van der Waals surface area (Å²) in [6, 6.07) is 15.9. The third-order valence-electron chi connectivity index (χ3n) is 3.39. The second-order valence-electron chi connectivity index (χ2n) is 4.92. The number of fused-ring (bicyclic) bond motifs is 1. The van der Waals surface area contributed by atoms with Crippen molar-refractivity contribution in [3.8, 4) is 17.2 Å². The predicted octanol–water partition coefficient (Wildman–Crippen LogP) is 5.07. The molecule has 0 fully saturated rings. The molecule has 0 aliphatic carbocycles. The summed E-state index contributed by atoms with van der Waals surface area (Å²) in [7, 11) is 1.65. The van der Waals surface area contributed by atoms with Crippen LogP contribution in [0.4, 0.5) is 0 Å². The first-order valence-corrected chi connectivity index (χ1v) is 8.19. The Bertz CT molecular complexity index is 800. The number of hydrogen-bond acceptors (Lipinski definition) is 4. The van der Waals surface area contributed by atoms with Gasteiger partial charge in [0.1, 0.15) is 17.2 Å². The Morgan fingerprint density at radius 3 is 2.36 bits per heavy atom. The van der Waals surface area contributed by atoms with Crippen LogP contribution in [0.5, 0.6) is 17.2 Å². The summed E-state index contributed by atoms with van der Waals surface area (Å²) < 4.78 is 11.3. The van der Waals surface area contributed by atoms with E-state index in [9.17, 15) is 0 Å². The van der Waals surface area contributed by atoms with Crippen LogP contribution in [-0.4, -0.2) is 18.3 Å². The van der Waals surface area contributed by atoms with Crippen LogP contribution in [0.2, 0.25) is 0 Å². The lowest BCUT2D eigenvalue weighted by molar-refractivity contribution is 0.415. The first-order chi connectivity index (χ1) is 10.7. The number of ether oxygens (including phenoxy) is 2. The Balaban J connectivity index is 2.01. The first kappa shape index (κ1) is 14.7. The molecule has 0 amide bonds. The molecule has 3 nitrogen and oxygen atoms in total. The van der Waals surface area contributed by atoms with Gasteiger partial charge < -0.3 is 9.47 Å². The molecule has 3 aromatic rings. The van der Waals surface area contributed by atoms with Crippen molar-refractivity contribution in [2.45, 2.75) is 11.8 Å². The molecule has 3 rings (SSSR count). The molecule has 0 unspecified atom stereocenters. The van der Waals surface area contributed by atoms with Crippen molar-refractivity contribution >= 4 is 22.7 Å². The minimum absolute atomic E-state index is 0.792. The standard InChI is InChI=1S/C18H17NO2S/c1-12-10-18(21-13-4-7-15(22-3)8-5-13)16-9-6-14(20-2)11-17(16)19-12/h4-11H,1-3H3. The van der Waals surface area contributed by atoms with E-state index in [1.165, 1.54) is 4.90 Å². The van der Waals surface area contributed by atoms with E-state index in [0.717, 1.165) is 33.8 Å². The van der Waals surface area contributed by atoms with Crippen LogP contribution in [0.15, 0.2) is 53.4 Å². The molecule has 4 heteroatoms. The van der Waals surface area contributed by atoms with E-state index in [4.69, 9.17) is 9.47 Å². The summed E-state index contributed by atoms with van der Waals surface area (Å²) >= 11 is 1.71. The quantitative estimate of drug-likeness (QED) is 0.630. The maximum absolute atomic E-state index is 6.06. The molecule has 0 bridgehead atoms. The van der Waals surface area contributed by atoms with Crippen LogP contribution < -0.4 is 9.47 Å². The molecule has 1 heterocycles. The first-order valence-electron chi connectivity index (χ1n) is 6.97. The van der Waals surface area contributed by atoms with Gasteiger partial charge in [-0.15, -0.1) is 11.8 Å². The highest BCUT2D eigenvalue weighted by molar-refractivity contribution is 7.98. The number of rotatable bonds is 4. The van der Waals surface area contributed by atoms with Crippen molar-refractivity contribution in [2.24, 2.45) is 0 Å². The third kappa shape index (κ3) is 3.02. The normalized spacial score (nSPS) is 10.7. The molecular formula is C18H17NO2S. The number of benzene rings is 2. The third-order valence-corrected chi connectivity index (χ3v) is 4.14. The molecule has 0 spiro atoms. The highest BCUT2D eigenvalue weighted by atomic mass is 32.2. The van der Waals surface area contributed by atoms with E-state index >= 15 is 0 Å². The fourth-order valence-electron chi connectivity index (χ4n) is 2.28. The summed E-state index contributed by atoms with van der Waals surface area (Å²) in [5.41, 5.74) is 1.78. The molecular weight excluding hydrogens is 294 g/mol. The minimum Gasteiger partial charge on any atom is -0.497 e. The van der Waals surface area contributed by atoms with E-state index in [-0.39, 0.29) is 0 Å². The fraction of sp³-hybridized carbons (Fsp3) is 0.167. The van der Waals surface area contributed by atoms with Crippen molar-refractivity contribution < 1.29 is 9.47 Å². The van der Waals surface area contributed by atoms with Crippen LogP contribution >= 0.6 is 11.8 Å². The van der Waals surface area contributed by atoms with Gasteiger partial charge in [-0.1, -0.05) is 0 Å². The SMILES string of the molecule is COc1ccc2c(Oc3ccc(SC)cc3)cc(C)nc2c1. The summed E-state index contributed by atoms with van der Waals surface area (Å²) in [5, 5.41) is 0.973. The van der Waals surface area contributed by atoms with Crippen molar-refractivity contribution in [3.05, 3.63) is 54.2 Å². The Labute approximate surface area is 134 Å². The van der Waals surface area contributed by atoms with Crippen molar-refractivity contribution in [3.63, 3.8) is 0 Å². The zero-order chi connectivity index (χ0) is 15.5. The zero-order valence-electron chi connectivity index (χ0n) is 12.8. The van der Waals surface area contributed by atoms with Gasteiger partial charge in [-0.3, -0.25) is 4.98 Å². The maximum Gasteiger partial charge on any atom is 0.138 e. The lowest BCUT2D eigenvalue weighted by Crippen LogP contribution is -1.91. The van der Waals surface area contributed by atoms with Gasteiger partial charge in [-0.2, -0.15) is 0 Å². The van der Waals surface area contributed by atoms with Crippen LogP contribution in [0.3, 0.4) is 0 Å². The van der Waals surface area contributed by atoms with Gasteiger partial charge in [-0.05, 0) is 49.6 Å². The second kappa shape index (κ2) is 6.28. The second-order valence-corrected chi connectivity index (χ2v) is 5.80. The molecule has 0 aliphatic heterocycles. The number of methoxy groups -OCH3 is 1. The minimum atomic E-state index is 0.792. The summed E-state index contributed by atoms with van der Waals surface area (Å²) in [6.07, 6.45) is 2.06. The van der Waals surface area contributed by atoms with E-state index in [1.807, 2.05) is 43.3 Å². The van der Waals surface area contributed by atoms with Gasteiger partial charge in [-0.25, -0.2) is 0 Å². The largest absolute Gasteiger partial charge is 0.497 e. The monoisotopic (exact) mass is 311 g/mol. The van der Waals surface area contributed by atoms with Crippen molar-refractivity contribution in [1.82, 2.24) is 4.98 Å². The molecule has 0 saturated heterocycles. The Morgan fingerprint density at radius 1 is 0.955 bits per heavy atom. The smallest absolute Gasteiger partial charge is 0.138 e. The molecule has 0 saturated carbocycles. The molecule has 0 radical (unpaired) electrons. The Hall–Kier alpha value is -2.20. The maximum atomic E-state index is 6.06. The van der Waals surface area contributed by atoms with Gasteiger partial charge in [0.2, 0.25) is 0 Å². The van der Waals surface area contributed by atoms with E-state index < -0.39 is 0 Å². The van der Waals surface area contributed by atoms with Crippen LogP contribution in [0.1, 0.15) is 5.69 Å².